The quantitative estimate of drug-likeness (QED) is 0.733. The second-order valence-corrected chi connectivity index (χ2v) is 4.73. The summed E-state index contributed by atoms with van der Waals surface area (Å²) in [5.41, 5.74) is -1.35. The summed E-state index contributed by atoms with van der Waals surface area (Å²) < 4.78 is 50.3. The second kappa shape index (κ2) is 3.96. The lowest BCUT2D eigenvalue weighted by Crippen LogP contribution is -2.10. The van der Waals surface area contributed by atoms with Gasteiger partial charge in [-0.2, -0.15) is 13.2 Å². The van der Waals surface area contributed by atoms with Crippen molar-refractivity contribution in [2.75, 3.05) is 0 Å². The Morgan fingerprint density at radius 3 is 2.41 bits per heavy atom. The third kappa shape index (κ3) is 2.96. The van der Waals surface area contributed by atoms with E-state index in [2.05, 4.69) is 4.98 Å². The van der Waals surface area contributed by atoms with E-state index in [1.807, 2.05) is 6.92 Å². The third-order valence-corrected chi connectivity index (χ3v) is 3.11. The highest BCUT2D eigenvalue weighted by Gasteiger charge is 2.44. The molecule has 1 fully saturated rings. The molecule has 1 aliphatic rings. The first kappa shape index (κ1) is 12.3. The molecule has 0 spiro atoms. The molecule has 1 unspecified atom stereocenters. The van der Waals surface area contributed by atoms with Crippen LogP contribution in [0.3, 0.4) is 0 Å². The second-order valence-electron chi connectivity index (χ2n) is 4.73. The van der Waals surface area contributed by atoms with E-state index in [1.165, 1.54) is 12.3 Å². The van der Waals surface area contributed by atoms with Crippen molar-refractivity contribution in [2.24, 2.45) is 0 Å². The van der Waals surface area contributed by atoms with E-state index in [9.17, 15) is 17.6 Å². The van der Waals surface area contributed by atoms with Crippen molar-refractivity contribution in [3.05, 3.63) is 29.6 Å². The summed E-state index contributed by atoms with van der Waals surface area (Å²) >= 11 is 0. The maximum atomic E-state index is 13.5. The molecular weight excluding hydrogens is 234 g/mol. The molecule has 1 nitrogen and oxygen atoms in total. The fourth-order valence-corrected chi connectivity index (χ4v) is 1.87. The van der Waals surface area contributed by atoms with Gasteiger partial charge in [0.1, 0.15) is 11.4 Å². The molecule has 1 aromatic heterocycles. The third-order valence-electron chi connectivity index (χ3n) is 3.11. The normalized spacial score (nSPS) is 20.1. The summed E-state index contributed by atoms with van der Waals surface area (Å²) in [5, 5.41) is 0. The van der Waals surface area contributed by atoms with Crippen molar-refractivity contribution in [2.45, 2.75) is 43.9 Å². The maximum absolute atomic E-state index is 13.5. The predicted octanol–water partition coefficient (Wildman–Crippen LogP) is 4.10. The van der Waals surface area contributed by atoms with Gasteiger partial charge in [0, 0.05) is 6.20 Å². The highest BCUT2D eigenvalue weighted by atomic mass is 19.4. The van der Waals surface area contributed by atoms with Crippen LogP contribution in [-0.4, -0.2) is 10.7 Å². The van der Waals surface area contributed by atoms with Crippen LogP contribution in [-0.2, 0) is 6.18 Å². The molecule has 94 valence electrons. The Morgan fingerprint density at radius 1 is 1.35 bits per heavy atom. The van der Waals surface area contributed by atoms with Crippen molar-refractivity contribution >= 4 is 0 Å². The molecule has 17 heavy (non-hydrogen) atoms. The van der Waals surface area contributed by atoms with Gasteiger partial charge in [-0.3, -0.25) is 4.98 Å². The molecule has 0 saturated heterocycles. The fraction of sp³-hybridized carbons (Fsp3) is 0.583. The van der Waals surface area contributed by atoms with Crippen LogP contribution in [0.4, 0.5) is 17.6 Å². The average Bonchev–Trinajstić information content (AvgIpc) is 2.95. The van der Waals surface area contributed by atoms with Gasteiger partial charge in [-0.1, -0.05) is 13.0 Å². The summed E-state index contributed by atoms with van der Waals surface area (Å²) in [7, 11) is 0. The zero-order valence-corrected chi connectivity index (χ0v) is 9.39. The van der Waals surface area contributed by atoms with Gasteiger partial charge in [-0.15, -0.1) is 0 Å². The lowest BCUT2D eigenvalue weighted by atomic mass is 9.96. The first-order valence-electron chi connectivity index (χ1n) is 5.52. The Labute approximate surface area is 96.9 Å². The Balaban J connectivity index is 2.07. The van der Waals surface area contributed by atoms with Gasteiger partial charge in [0.2, 0.25) is 0 Å². The Bertz CT molecular complexity index is 392. The monoisotopic (exact) mass is 247 g/mol. The minimum atomic E-state index is -4.42. The summed E-state index contributed by atoms with van der Waals surface area (Å²) in [6.45, 7) is 1.81. The molecule has 0 amide bonds. The van der Waals surface area contributed by atoms with Crippen LogP contribution in [0.5, 0.6) is 0 Å². The van der Waals surface area contributed by atoms with Gasteiger partial charge in [0.05, 0.1) is 0 Å². The van der Waals surface area contributed by atoms with Gasteiger partial charge in [0.15, 0.2) is 0 Å². The minimum Gasteiger partial charge on any atom is -0.251 e. The predicted molar refractivity (Wildman–Crippen MR) is 55.3 cm³/mol. The summed E-state index contributed by atoms with van der Waals surface area (Å²) in [6, 6.07) is 2.33. The average molecular weight is 247 g/mol. The molecule has 2 rings (SSSR count). The van der Waals surface area contributed by atoms with E-state index < -0.39 is 17.5 Å². The van der Waals surface area contributed by atoms with Gasteiger partial charge in [-0.25, -0.2) is 4.39 Å². The lowest BCUT2D eigenvalue weighted by Gasteiger charge is -2.14. The van der Waals surface area contributed by atoms with E-state index in [0.717, 1.165) is 6.07 Å². The standard InChI is InChI=1S/C12H13F4N/c1-8(6-11(13)4-5-11)9-2-3-10(17-7-9)12(14,15)16/h2-3,7-8H,4-6H2,1H3. The number of alkyl halides is 4. The fourth-order valence-electron chi connectivity index (χ4n) is 1.87. The highest BCUT2D eigenvalue weighted by Crippen LogP contribution is 2.46. The van der Waals surface area contributed by atoms with Gasteiger partial charge in [0.25, 0.3) is 0 Å². The smallest absolute Gasteiger partial charge is 0.251 e. The summed E-state index contributed by atoms with van der Waals surface area (Å²) in [6.07, 6.45) is -1.74. The van der Waals surface area contributed by atoms with Crippen LogP contribution in [0, 0.1) is 0 Å². The highest BCUT2D eigenvalue weighted by molar-refractivity contribution is 5.20. The van der Waals surface area contributed by atoms with Crippen LogP contribution in [0.25, 0.3) is 0 Å². The molecule has 1 saturated carbocycles. The number of pyridine rings is 1. The Kier molecular flexibility index (Phi) is 2.87. The molecule has 0 aromatic carbocycles. The van der Waals surface area contributed by atoms with Crippen LogP contribution < -0.4 is 0 Å². The number of aromatic nitrogens is 1. The molecular formula is C12H13F4N. The largest absolute Gasteiger partial charge is 0.433 e. The molecule has 1 aromatic rings. The topological polar surface area (TPSA) is 12.9 Å². The zero-order chi connectivity index (χ0) is 12.7. The molecule has 1 atom stereocenters. The zero-order valence-electron chi connectivity index (χ0n) is 9.39. The van der Waals surface area contributed by atoms with E-state index in [0.29, 0.717) is 24.8 Å². The summed E-state index contributed by atoms with van der Waals surface area (Å²) in [5.74, 6) is -0.0997. The van der Waals surface area contributed by atoms with Crippen LogP contribution >= 0.6 is 0 Å². The van der Waals surface area contributed by atoms with Crippen molar-refractivity contribution in [1.82, 2.24) is 4.98 Å². The maximum Gasteiger partial charge on any atom is 0.433 e. The van der Waals surface area contributed by atoms with E-state index >= 15 is 0 Å². The van der Waals surface area contributed by atoms with Crippen LogP contribution in [0.2, 0.25) is 0 Å². The lowest BCUT2D eigenvalue weighted by molar-refractivity contribution is -0.141. The minimum absolute atomic E-state index is 0.0997. The SMILES string of the molecule is CC(CC1(F)CC1)c1ccc(C(F)(F)F)nc1. The Hall–Kier alpha value is -1.13. The van der Waals surface area contributed by atoms with Crippen molar-refractivity contribution in [3.8, 4) is 0 Å². The number of halogens is 4. The molecule has 0 aliphatic heterocycles. The first-order chi connectivity index (χ1) is 7.80. The number of hydrogen-bond acceptors (Lipinski definition) is 1. The van der Waals surface area contributed by atoms with Crippen molar-refractivity contribution in [3.63, 3.8) is 0 Å². The van der Waals surface area contributed by atoms with Gasteiger partial charge in [-0.05, 0) is 36.8 Å². The molecule has 0 bridgehead atoms. The number of hydrogen-bond donors (Lipinski definition) is 0. The first-order valence-corrected chi connectivity index (χ1v) is 5.52. The number of rotatable bonds is 3. The number of nitrogens with zero attached hydrogens (tertiary/aromatic N) is 1. The van der Waals surface area contributed by atoms with E-state index in [1.54, 1.807) is 0 Å². The molecule has 1 heterocycles. The molecule has 0 N–H and O–H groups in total. The molecule has 1 aliphatic carbocycles. The molecule has 5 heteroatoms. The van der Waals surface area contributed by atoms with Crippen molar-refractivity contribution in [1.29, 1.82) is 0 Å². The van der Waals surface area contributed by atoms with Gasteiger partial charge >= 0.3 is 6.18 Å². The Morgan fingerprint density at radius 2 is 2.00 bits per heavy atom. The van der Waals surface area contributed by atoms with Crippen LogP contribution in [0.1, 0.15) is 43.4 Å². The van der Waals surface area contributed by atoms with Gasteiger partial charge < -0.3 is 0 Å². The van der Waals surface area contributed by atoms with E-state index in [4.69, 9.17) is 0 Å². The van der Waals surface area contributed by atoms with Crippen molar-refractivity contribution < 1.29 is 17.6 Å². The van der Waals surface area contributed by atoms with E-state index in [-0.39, 0.29) is 5.92 Å². The van der Waals surface area contributed by atoms with Crippen LogP contribution in [0.15, 0.2) is 18.3 Å². The molecule has 0 radical (unpaired) electrons. The summed E-state index contributed by atoms with van der Waals surface area (Å²) in [4.78, 5) is 3.37.